The van der Waals surface area contributed by atoms with Crippen LogP contribution in [0.5, 0.6) is 0 Å². The molecule has 1 aromatic rings. The minimum atomic E-state index is 0.0884. The second kappa shape index (κ2) is 7.31. The summed E-state index contributed by atoms with van der Waals surface area (Å²) in [4.78, 5) is 2.34. The van der Waals surface area contributed by atoms with Crippen LogP contribution in [-0.2, 0) is 6.54 Å². The quantitative estimate of drug-likeness (QED) is 0.796. The number of hydrogen-bond acceptors (Lipinski definition) is 2. The summed E-state index contributed by atoms with van der Waals surface area (Å²) < 4.78 is 0. The standard InChI is InChI=1S/C17H24N2/c1-2-19(14-15-9-5-3-6-10-15)17(13-18)16-11-7-4-8-12-16/h3,5-6,9-10,16-17H,2,4,7-8,11-12,14H2,1H3. The summed E-state index contributed by atoms with van der Waals surface area (Å²) in [6, 6.07) is 13.2. The van der Waals surface area contributed by atoms with Crippen molar-refractivity contribution in [2.24, 2.45) is 5.92 Å². The summed E-state index contributed by atoms with van der Waals surface area (Å²) in [5.74, 6) is 0.572. The van der Waals surface area contributed by atoms with Crippen molar-refractivity contribution in [2.45, 2.75) is 51.6 Å². The molecule has 102 valence electrons. The van der Waals surface area contributed by atoms with E-state index in [4.69, 9.17) is 0 Å². The van der Waals surface area contributed by atoms with Crippen molar-refractivity contribution >= 4 is 0 Å². The Labute approximate surface area is 117 Å². The molecular formula is C17H24N2. The highest BCUT2D eigenvalue weighted by molar-refractivity contribution is 5.15. The van der Waals surface area contributed by atoms with Crippen LogP contribution in [0.1, 0.15) is 44.6 Å². The van der Waals surface area contributed by atoms with Crippen LogP contribution in [0, 0.1) is 17.2 Å². The monoisotopic (exact) mass is 256 g/mol. The Morgan fingerprint density at radius 1 is 1.21 bits per heavy atom. The zero-order valence-corrected chi connectivity index (χ0v) is 11.9. The van der Waals surface area contributed by atoms with Crippen molar-refractivity contribution in [1.82, 2.24) is 4.90 Å². The van der Waals surface area contributed by atoms with E-state index in [2.05, 4.69) is 42.2 Å². The van der Waals surface area contributed by atoms with Crippen molar-refractivity contribution in [3.8, 4) is 6.07 Å². The molecule has 2 nitrogen and oxygen atoms in total. The van der Waals surface area contributed by atoms with Crippen LogP contribution in [0.3, 0.4) is 0 Å². The summed E-state index contributed by atoms with van der Waals surface area (Å²) in [6.07, 6.45) is 6.39. The van der Waals surface area contributed by atoms with Gasteiger partial charge in [-0.1, -0.05) is 56.5 Å². The van der Waals surface area contributed by atoms with Gasteiger partial charge in [-0.2, -0.15) is 5.26 Å². The van der Waals surface area contributed by atoms with Gasteiger partial charge in [0.05, 0.1) is 6.07 Å². The van der Waals surface area contributed by atoms with Crippen molar-refractivity contribution in [3.63, 3.8) is 0 Å². The SMILES string of the molecule is CCN(Cc1ccccc1)C(C#N)C1CCCCC1. The number of nitriles is 1. The van der Waals surface area contributed by atoms with Gasteiger partial charge in [-0.25, -0.2) is 0 Å². The van der Waals surface area contributed by atoms with Crippen LogP contribution < -0.4 is 0 Å². The van der Waals surface area contributed by atoms with Crippen molar-refractivity contribution in [2.75, 3.05) is 6.54 Å². The van der Waals surface area contributed by atoms with Gasteiger partial charge in [0.1, 0.15) is 6.04 Å². The lowest BCUT2D eigenvalue weighted by atomic mass is 9.83. The topological polar surface area (TPSA) is 27.0 Å². The van der Waals surface area contributed by atoms with Crippen LogP contribution in [0.4, 0.5) is 0 Å². The van der Waals surface area contributed by atoms with Gasteiger partial charge < -0.3 is 0 Å². The van der Waals surface area contributed by atoms with Gasteiger partial charge in [-0.05, 0) is 30.9 Å². The zero-order chi connectivity index (χ0) is 13.5. The first kappa shape index (κ1) is 14.1. The fourth-order valence-corrected chi connectivity index (χ4v) is 3.16. The van der Waals surface area contributed by atoms with Crippen molar-refractivity contribution < 1.29 is 0 Å². The van der Waals surface area contributed by atoms with E-state index in [1.54, 1.807) is 0 Å². The molecule has 1 saturated carbocycles. The third-order valence-electron chi connectivity index (χ3n) is 4.26. The van der Waals surface area contributed by atoms with E-state index in [-0.39, 0.29) is 6.04 Å². The number of rotatable bonds is 5. The lowest BCUT2D eigenvalue weighted by Crippen LogP contribution is -2.40. The minimum Gasteiger partial charge on any atom is -0.284 e. The molecule has 2 heteroatoms. The van der Waals surface area contributed by atoms with E-state index in [1.165, 1.54) is 37.7 Å². The van der Waals surface area contributed by atoms with Crippen LogP contribution in [0.25, 0.3) is 0 Å². The summed E-state index contributed by atoms with van der Waals surface area (Å²) in [7, 11) is 0. The molecule has 1 aromatic carbocycles. The normalized spacial score (nSPS) is 18.2. The molecule has 0 amide bonds. The van der Waals surface area contributed by atoms with E-state index in [9.17, 15) is 5.26 Å². The van der Waals surface area contributed by atoms with Gasteiger partial charge in [-0.3, -0.25) is 4.90 Å². The molecular weight excluding hydrogens is 232 g/mol. The van der Waals surface area contributed by atoms with Crippen LogP contribution in [0.2, 0.25) is 0 Å². The third-order valence-corrected chi connectivity index (χ3v) is 4.26. The predicted molar refractivity (Wildman–Crippen MR) is 78.5 cm³/mol. The number of benzene rings is 1. The average Bonchev–Trinajstić information content (AvgIpc) is 2.49. The van der Waals surface area contributed by atoms with E-state index >= 15 is 0 Å². The first-order valence-corrected chi connectivity index (χ1v) is 7.52. The summed E-state index contributed by atoms with van der Waals surface area (Å²) in [6.45, 7) is 4.01. The van der Waals surface area contributed by atoms with Gasteiger partial charge in [0.25, 0.3) is 0 Å². The average molecular weight is 256 g/mol. The Kier molecular flexibility index (Phi) is 5.42. The van der Waals surface area contributed by atoms with E-state index in [1.807, 2.05) is 6.07 Å². The third kappa shape index (κ3) is 3.81. The Balaban J connectivity index is 2.04. The van der Waals surface area contributed by atoms with Gasteiger partial charge in [0.15, 0.2) is 0 Å². The summed E-state index contributed by atoms with van der Waals surface area (Å²) in [5, 5.41) is 9.57. The molecule has 1 unspecified atom stereocenters. The van der Waals surface area contributed by atoms with Gasteiger partial charge in [-0.15, -0.1) is 0 Å². The Morgan fingerprint density at radius 2 is 1.89 bits per heavy atom. The molecule has 0 spiro atoms. The minimum absolute atomic E-state index is 0.0884. The molecule has 0 aromatic heterocycles. The Bertz CT molecular complexity index is 401. The summed E-state index contributed by atoms with van der Waals surface area (Å²) in [5.41, 5.74) is 1.31. The second-order valence-corrected chi connectivity index (χ2v) is 5.52. The number of nitrogens with zero attached hydrogens (tertiary/aromatic N) is 2. The maximum Gasteiger partial charge on any atom is 0.101 e. The molecule has 0 radical (unpaired) electrons. The van der Waals surface area contributed by atoms with Crippen LogP contribution in [0.15, 0.2) is 30.3 Å². The maximum absolute atomic E-state index is 9.57. The lowest BCUT2D eigenvalue weighted by Gasteiger charge is -2.34. The van der Waals surface area contributed by atoms with Crippen molar-refractivity contribution in [3.05, 3.63) is 35.9 Å². The van der Waals surface area contributed by atoms with Crippen LogP contribution in [-0.4, -0.2) is 17.5 Å². The molecule has 1 atom stereocenters. The number of hydrogen-bond donors (Lipinski definition) is 0. The molecule has 0 bridgehead atoms. The molecule has 0 aliphatic heterocycles. The molecule has 19 heavy (non-hydrogen) atoms. The molecule has 0 heterocycles. The highest BCUT2D eigenvalue weighted by Gasteiger charge is 2.27. The smallest absolute Gasteiger partial charge is 0.101 e. The molecule has 2 rings (SSSR count). The van der Waals surface area contributed by atoms with Gasteiger partial charge in [0.2, 0.25) is 0 Å². The molecule has 1 fully saturated rings. The molecule has 0 N–H and O–H groups in total. The Morgan fingerprint density at radius 3 is 2.47 bits per heavy atom. The summed E-state index contributed by atoms with van der Waals surface area (Å²) >= 11 is 0. The second-order valence-electron chi connectivity index (χ2n) is 5.52. The van der Waals surface area contributed by atoms with Crippen molar-refractivity contribution in [1.29, 1.82) is 5.26 Å². The predicted octanol–water partition coefficient (Wildman–Crippen LogP) is 3.98. The van der Waals surface area contributed by atoms with Gasteiger partial charge in [0, 0.05) is 6.54 Å². The zero-order valence-electron chi connectivity index (χ0n) is 11.9. The van der Waals surface area contributed by atoms with E-state index < -0.39 is 0 Å². The largest absolute Gasteiger partial charge is 0.284 e. The van der Waals surface area contributed by atoms with E-state index in [0.717, 1.165) is 13.1 Å². The van der Waals surface area contributed by atoms with E-state index in [0.29, 0.717) is 5.92 Å². The fourth-order valence-electron chi connectivity index (χ4n) is 3.16. The highest BCUT2D eigenvalue weighted by atomic mass is 15.1. The first-order chi connectivity index (χ1) is 9.35. The Hall–Kier alpha value is -1.33. The molecule has 0 saturated heterocycles. The fraction of sp³-hybridized carbons (Fsp3) is 0.588. The van der Waals surface area contributed by atoms with Crippen LogP contribution >= 0.6 is 0 Å². The lowest BCUT2D eigenvalue weighted by molar-refractivity contribution is 0.154. The molecule has 1 aliphatic carbocycles. The first-order valence-electron chi connectivity index (χ1n) is 7.52. The van der Waals surface area contributed by atoms with Gasteiger partial charge >= 0.3 is 0 Å². The molecule has 1 aliphatic rings. The maximum atomic E-state index is 9.57. The highest BCUT2D eigenvalue weighted by Crippen LogP contribution is 2.29.